The Morgan fingerprint density at radius 2 is 1.82 bits per heavy atom. The van der Waals surface area contributed by atoms with Crippen LogP contribution in [0.25, 0.3) is 5.69 Å². The van der Waals surface area contributed by atoms with Crippen molar-refractivity contribution in [2.24, 2.45) is 0 Å². The van der Waals surface area contributed by atoms with E-state index >= 15 is 0 Å². The Morgan fingerprint density at radius 1 is 1.09 bits per heavy atom. The Bertz CT molecular complexity index is 802. The molecule has 0 amide bonds. The molecule has 0 aliphatic carbocycles. The highest BCUT2D eigenvalue weighted by atomic mass is 16.3. The highest BCUT2D eigenvalue weighted by Crippen LogP contribution is 2.23. The number of benzene rings is 2. The van der Waals surface area contributed by atoms with Gasteiger partial charge in [-0.1, -0.05) is 53.2 Å². The zero-order chi connectivity index (χ0) is 15.6. The second kappa shape index (κ2) is 5.39. The summed E-state index contributed by atoms with van der Waals surface area (Å²) in [6.45, 7) is 0.921. The van der Waals surface area contributed by atoms with Crippen LogP contribution in [-0.2, 0) is 13.0 Å². The summed E-state index contributed by atoms with van der Waals surface area (Å²) in [4.78, 5) is 0. The van der Waals surface area contributed by atoms with Crippen LogP contribution < -0.4 is 4.57 Å². The Kier molecular flexibility index (Phi) is 2.97. The summed E-state index contributed by atoms with van der Waals surface area (Å²) in [5.74, 6) is 1.96. The number of aromatic nitrogens is 3. The van der Waals surface area contributed by atoms with Crippen LogP contribution in [0.4, 0.5) is 0 Å². The number of aryl methyl sites for hydroxylation is 1. The monoisotopic (exact) mass is 293 g/mol. The first-order chi connectivity index (χ1) is 11.4. The Morgan fingerprint density at radius 3 is 2.55 bits per heavy atom. The maximum atomic E-state index is 7.64. The van der Waals surface area contributed by atoms with Gasteiger partial charge in [0.05, 0.1) is 6.54 Å². The maximum Gasteiger partial charge on any atom is 0.278 e. The van der Waals surface area contributed by atoms with E-state index in [0.29, 0.717) is 0 Å². The van der Waals surface area contributed by atoms with Gasteiger partial charge in [-0.15, -0.1) is 0 Å². The van der Waals surface area contributed by atoms with Gasteiger partial charge in [0.2, 0.25) is 1.43 Å². The molecule has 1 aromatic heterocycles. The van der Waals surface area contributed by atoms with Gasteiger partial charge in [-0.05, 0) is 24.1 Å². The first-order valence-electron chi connectivity index (χ1n) is 8.03. The summed E-state index contributed by atoms with van der Waals surface area (Å²) in [5.41, 5.74) is 1.95. The van der Waals surface area contributed by atoms with Crippen molar-refractivity contribution < 1.29 is 9.68 Å². The van der Waals surface area contributed by atoms with Crippen molar-refractivity contribution in [1.29, 1.82) is 1.43 Å². The Hall–Kier alpha value is -2.46. The van der Waals surface area contributed by atoms with Gasteiger partial charge in [0, 0.05) is 11.5 Å². The van der Waals surface area contributed by atoms with Crippen LogP contribution in [0.15, 0.2) is 60.7 Å². The quantitative estimate of drug-likeness (QED) is 0.749. The molecule has 110 valence electrons. The summed E-state index contributed by atoms with van der Waals surface area (Å²) >= 11 is 0. The molecular weight excluding hydrogens is 274 g/mol. The first kappa shape index (κ1) is 12.1. The SMILES string of the molecule is [2H]OC(c1ccccc1)c1n(-c2ccccc2)nc2[n+]1CCC2. The fraction of sp³-hybridized carbons (Fsp3) is 0.222. The van der Waals surface area contributed by atoms with E-state index in [4.69, 9.17) is 11.6 Å². The normalized spacial score (nSPS) is 15.4. The third-order valence-corrected chi connectivity index (χ3v) is 4.14. The Labute approximate surface area is 130 Å². The first-order valence-corrected chi connectivity index (χ1v) is 7.62. The predicted molar refractivity (Wildman–Crippen MR) is 82.6 cm³/mol. The third-order valence-electron chi connectivity index (χ3n) is 4.14. The lowest BCUT2D eigenvalue weighted by atomic mass is 10.1. The number of aliphatic hydroxyl groups excluding tert-OH is 1. The second-order valence-corrected chi connectivity index (χ2v) is 5.57. The summed E-state index contributed by atoms with van der Waals surface area (Å²) in [5, 5.41) is 9.91. The van der Waals surface area contributed by atoms with E-state index in [2.05, 4.69) is 4.57 Å². The van der Waals surface area contributed by atoms with E-state index in [1.165, 1.54) is 0 Å². The molecule has 0 saturated carbocycles. The van der Waals surface area contributed by atoms with E-state index in [1.807, 2.05) is 65.3 Å². The van der Waals surface area contributed by atoms with Crippen molar-refractivity contribution >= 4 is 0 Å². The molecule has 22 heavy (non-hydrogen) atoms. The van der Waals surface area contributed by atoms with E-state index in [9.17, 15) is 0 Å². The molecule has 4 rings (SSSR count). The maximum absolute atomic E-state index is 7.64. The number of rotatable bonds is 4. The average Bonchev–Trinajstić information content (AvgIpc) is 3.20. The minimum absolute atomic E-state index is 0.462. The van der Waals surface area contributed by atoms with E-state index in [1.54, 1.807) is 0 Å². The third kappa shape index (κ3) is 2.12. The smallest absolute Gasteiger partial charge is 0.278 e. The highest BCUT2D eigenvalue weighted by molar-refractivity contribution is 5.32. The standard InChI is InChI=1S/C18H18N3O/c22-17(14-8-3-1-4-9-14)18-20-13-7-12-16(20)19-21(18)15-10-5-2-6-11-15/h1-6,8-11,17,22H,7,12-13H2/q+1/i22D. The van der Waals surface area contributed by atoms with Gasteiger partial charge >= 0.3 is 0 Å². The molecule has 2 aromatic carbocycles. The average molecular weight is 293 g/mol. The lowest BCUT2D eigenvalue weighted by molar-refractivity contribution is -0.701. The number of aliphatic hydroxyl groups is 1. The van der Waals surface area contributed by atoms with Gasteiger partial charge < -0.3 is 5.11 Å². The van der Waals surface area contributed by atoms with E-state index in [-0.39, 0.29) is 0 Å². The fourth-order valence-corrected chi connectivity index (χ4v) is 3.08. The topological polar surface area (TPSA) is 41.9 Å². The molecule has 1 atom stereocenters. The van der Waals surface area contributed by atoms with Crippen LogP contribution in [0.5, 0.6) is 0 Å². The molecule has 3 aromatic rings. The molecule has 0 bridgehead atoms. The predicted octanol–water partition coefficient (Wildman–Crippen LogP) is 2.19. The Balaban J connectivity index is 1.90. The molecule has 0 spiro atoms. The number of hydrogen-bond acceptors (Lipinski definition) is 2. The lowest BCUT2D eigenvalue weighted by Crippen LogP contribution is -2.38. The van der Waals surface area contributed by atoms with Crippen molar-refractivity contribution in [2.75, 3.05) is 0 Å². The van der Waals surface area contributed by atoms with Crippen molar-refractivity contribution in [3.8, 4) is 5.69 Å². The number of nitrogens with zero attached hydrogens (tertiary/aromatic N) is 3. The molecule has 1 N–H and O–H groups in total. The summed E-state index contributed by atoms with van der Waals surface area (Å²) in [6.07, 6.45) is 1.59. The van der Waals surface area contributed by atoms with Gasteiger partial charge in [0.1, 0.15) is 5.69 Å². The van der Waals surface area contributed by atoms with Crippen LogP contribution in [0.3, 0.4) is 0 Å². The number of para-hydroxylation sites is 1. The molecule has 0 radical (unpaired) electrons. The van der Waals surface area contributed by atoms with Crippen molar-refractivity contribution in [3.63, 3.8) is 0 Å². The van der Waals surface area contributed by atoms with Crippen LogP contribution in [0.2, 0.25) is 0 Å². The molecule has 4 nitrogen and oxygen atoms in total. The van der Waals surface area contributed by atoms with Gasteiger partial charge in [-0.2, -0.15) is 0 Å². The minimum Gasteiger partial charge on any atom is -0.377 e. The molecule has 1 aliphatic rings. The summed E-state index contributed by atoms with van der Waals surface area (Å²) < 4.78 is 11.8. The van der Waals surface area contributed by atoms with Crippen LogP contribution in [0, 0.1) is 0 Å². The van der Waals surface area contributed by atoms with Crippen LogP contribution in [-0.4, -0.2) is 16.3 Å². The van der Waals surface area contributed by atoms with Gasteiger partial charge in [0.25, 0.3) is 11.6 Å². The highest BCUT2D eigenvalue weighted by Gasteiger charge is 2.35. The molecule has 4 heteroatoms. The van der Waals surface area contributed by atoms with Gasteiger partial charge in [-0.25, -0.2) is 4.57 Å². The van der Waals surface area contributed by atoms with E-state index < -0.39 is 6.10 Å². The van der Waals surface area contributed by atoms with Crippen LogP contribution in [0.1, 0.15) is 29.7 Å². The van der Waals surface area contributed by atoms with Crippen LogP contribution >= 0.6 is 0 Å². The van der Waals surface area contributed by atoms with E-state index in [0.717, 1.165) is 42.3 Å². The van der Waals surface area contributed by atoms with Gasteiger partial charge in [-0.3, -0.25) is 0 Å². The summed E-state index contributed by atoms with van der Waals surface area (Å²) in [7, 11) is 0. The molecule has 0 saturated heterocycles. The molecule has 1 aliphatic heterocycles. The molecule has 2 heterocycles. The molecule has 0 fully saturated rings. The summed E-state index contributed by atoms with van der Waals surface area (Å²) in [6, 6.07) is 19.9. The molecule has 1 unspecified atom stereocenters. The van der Waals surface area contributed by atoms with Crippen molar-refractivity contribution in [2.45, 2.75) is 25.5 Å². The minimum atomic E-state index is -0.462. The van der Waals surface area contributed by atoms with Gasteiger partial charge in [0.15, 0.2) is 6.10 Å². The molecular formula is C18H18N3O+. The van der Waals surface area contributed by atoms with Crippen molar-refractivity contribution in [1.82, 2.24) is 9.78 Å². The lowest BCUT2D eigenvalue weighted by Gasteiger charge is -2.10. The second-order valence-electron chi connectivity index (χ2n) is 5.57. The zero-order valence-electron chi connectivity index (χ0n) is 13.2. The zero-order valence-corrected chi connectivity index (χ0v) is 12.2. The number of hydrogen-bond donors (Lipinski definition) is 1. The van der Waals surface area contributed by atoms with Crippen molar-refractivity contribution in [3.05, 3.63) is 77.9 Å². The largest absolute Gasteiger partial charge is 0.377 e. The fourth-order valence-electron chi connectivity index (χ4n) is 3.08. The number of fused-ring (bicyclic) bond motifs is 1.